The molecule has 121 valence electrons. The van der Waals surface area contributed by atoms with E-state index in [0.717, 1.165) is 5.92 Å². The van der Waals surface area contributed by atoms with Crippen molar-refractivity contribution in [1.82, 2.24) is 0 Å². The summed E-state index contributed by atoms with van der Waals surface area (Å²) in [7, 11) is 0. The maximum atomic E-state index is 3.18. The van der Waals surface area contributed by atoms with Gasteiger partial charge in [0.05, 0.1) is 0 Å². The van der Waals surface area contributed by atoms with E-state index in [9.17, 15) is 0 Å². The van der Waals surface area contributed by atoms with Crippen molar-refractivity contribution in [2.45, 2.75) is 64.7 Å². The Balaban J connectivity index is 1.51. The summed E-state index contributed by atoms with van der Waals surface area (Å²) in [5.74, 6) is 0.883. The summed E-state index contributed by atoms with van der Waals surface area (Å²) in [6.07, 6.45) is 12.5. The van der Waals surface area contributed by atoms with Gasteiger partial charge >= 0.3 is 0 Å². The average Bonchev–Trinajstić information content (AvgIpc) is 3.00. The number of unbranched alkanes of at least 4 members (excludes halogenated alkanes) is 5. The van der Waals surface area contributed by atoms with E-state index >= 15 is 0 Å². The van der Waals surface area contributed by atoms with Crippen LogP contribution in [0, 0.1) is 12.0 Å². The third kappa shape index (κ3) is 4.47. The molecule has 1 aliphatic rings. The SMILES string of the molecule is CCCCCCCCC1Cc2ccc(-c3c[c]ccc3)cc2C1. The van der Waals surface area contributed by atoms with Crippen molar-refractivity contribution in [2.75, 3.05) is 0 Å². The number of rotatable bonds is 8. The number of benzene rings is 2. The zero-order chi connectivity index (χ0) is 15.9. The molecule has 2 aromatic carbocycles. The molecule has 1 aliphatic carbocycles. The first-order valence-corrected chi connectivity index (χ1v) is 9.45. The van der Waals surface area contributed by atoms with Crippen molar-refractivity contribution in [3.05, 3.63) is 59.7 Å². The van der Waals surface area contributed by atoms with Crippen molar-refractivity contribution in [3.8, 4) is 11.1 Å². The van der Waals surface area contributed by atoms with Crippen molar-refractivity contribution in [2.24, 2.45) is 5.92 Å². The highest BCUT2D eigenvalue weighted by atomic mass is 14.3. The van der Waals surface area contributed by atoms with E-state index in [0.29, 0.717) is 0 Å². The van der Waals surface area contributed by atoms with Crippen molar-refractivity contribution >= 4 is 0 Å². The molecule has 0 heteroatoms. The largest absolute Gasteiger partial charge is 0.0654 e. The molecule has 1 radical (unpaired) electrons. The molecule has 0 saturated carbocycles. The molecule has 0 heterocycles. The lowest BCUT2D eigenvalue weighted by molar-refractivity contribution is 0.469. The molecule has 0 bridgehead atoms. The van der Waals surface area contributed by atoms with E-state index in [1.54, 1.807) is 11.1 Å². The van der Waals surface area contributed by atoms with E-state index in [1.807, 2.05) is 6.07 Å². The Bertz CT molecular complexity index is 597. The Morgan fingerprint density at radius 2 is 1.74 bits per heavy atom. The Kier molecular flexibility index (Phi) is 5.91. The highest BCUT2D eigenvalue weighted by Crippen LogP contribution is 2.33. The lowest BCUT2D eigenvalue weighted by Gasteiger charge is -2.08. The monoisotopic (exact) mass is 305 g/mol. The minimum Gasteiger partial charge on any atom is -0.0654 e. The van der Waals surface area contributed by atoms with Gasteiger partial charge in [-0.3, -0.25) is 0 Å². The summed E-state index contributed by atoms with van der Waals surface area (Å²) in [5.41, 5.74) is 5.81. The van der Waals surface area contributed by atoms with Gasteiger partial charge in [0, 0.05) is 0 Å². The van der Waals surface area contributed by atoms with Gasteiger partial charge in [-0.1, -0.05) is 81.8 Å². The molecule has 0 aliphatic heterocycles. The molecule has 3 rings (SSSR count). The summed E-state index contributed by atoms with van der Waals surface area (Å²) in [5, 5.41) is 0. The lowest BCUT2D eigenvalue weighted by Crippen LogP contribution is -1.99. The number of hydrogen-bond acceptors (Lipinski definition) is 0. The van der Waals surface area contributed by atoms with E-state index in [2.05, 4.69) is 49.4 Å². The summed E-state index contributed by atoms with van der Waals surface area (Å²) in [6, 6.07) is 18.6. The summed E-state index contributed by atoms with van der Waals surface area (Å²) < 4.78 is 0. The molecule has 1 atom stereocenters. The van der Waals surface area contributed by atoms with Gasteiger partial charge in [-0.15, -0.1) is 0 Å². The van der Waals surface area contributed by atoms with Crippen LogP contribution in [-0.4, -0.2) is 0 Å². The van der Waals surface area contributed by atoms with Crippen molar-refractivity contribution in [3.63, 3.8) is 0 Å². The van der Waals surface area contributed by atoms with Gasteiger partial charge in [-0.05, 0) is 59.6 Å². The highest BCUT2D eigenvalue weighted by molar-refractivity contribution is 5.65. The molecular formula is C23H29. The fraction of sp³-hybridized carbons (Fsp3) is 0.478. The normalized spacial score (nSPS) is 16.5. The van der Waals surface area contributed by atoms with E-state index in [4.69, 9.17) is 0 Å². The van der Waals surface area contributed by atoms with Crippen LogP contribution in [-0.2, 0) is 12.8 Å². The van der Waals surface area contributed by atoms with E-state index in [1.165, 1.54) is 68.9 Å². The first kappa shape index (κ1) is 16.3. The van der Waals surface area contributed by atoms with Gasteiger partial charge < -0.3 is 0 Å². The predicted molar refractivity (Wildman–Crippen MR) is 99.6 cm³/mol. The van der Waals surface area contributed by atoms with Gasteiger partial charge in [0.2, 0.25) is 0 Å². The van der Waals surface area contributed by atoms with Crippen molar-refractivity contribution < 1.29 is 0 Å². The molecule has 0 spiro atoms. The van der Waals surface area contributed by atoms with Crippen molar-refractivity contribution in [1.29, 1.82) is 0 Å². The molecule has 2 aromatic rings. The maximum absolute atomic E-state index is 3.18. The highest BCUT2D eigenvalue weighted by Gasteiger charge is 2.21. The fourth-order valence-electron chi connectivity index (χ4n) is 3.88. The van der Waals surface area contributed by atoms with Crippen LogP contribution >= 0.6 is 0 Å². The van der Waals surface area contributed by atoms with E-state index in [-0.39, 0.29) is 0 Å². The summed E-state index contributed by atoms with van der Waals surface area (Å²) in [4.78, 5) is 0. The minimum absolute atomic E-state index is 0.883. The topological polar surface area (TPSA) is 0 Å². The maximum Gasteiger partial charge on any atom is -0.0178 e. The summed E-state index contributed by atoms with van der Waals surface area (Å²) in [6.45, 7) is 2.29. The van der Waals surface area contributed by atoms with E-state index < -0.39 is 0 Å². The Morgan fingerprint density at radius 1 is 0.913 bits per heavy atom. The second-order valence-corrected chi connectivity index (χ2v) is 7.11. The summed E-state index contributed by atoms with van der Waals surface area (Å²) >= 11 is 0. The third-order valence-electron chi connectivity index (χ3n) is 5.23. The van der Waals surface area contributed by atoms with Crippen LogP contribution < -0.4 is 0 Å². The first-order chi connectivity index (χ1) is 11.4. The molecule has 0 nitrogen and oxygen atoms in total. The van der Waals surface area contributed by atoms with Crippen LogP contribution in [0.15, 0.2) is 42.5 Å². The number of fused-ring (bicyclic) bond motifs is 1. The molecule has 0 amide bonds. The lowest BCUT2D eigenvalue weighted by atomic mass is 9.97. The Morgan fingerprint density at radius 3 is 2.57 bits per heavy atom. The zero-order valence-corrected chi connectivity index (χ0v) is 14.5. The van der Waals surface area contributed by atoms with Crippen LogP contribution in [0.1, 0.15) is 63.0 Å². The molecule has 0 N–H and O–H groups in total. The minimum atomic E-state index is 0.883. The van der Waals surface area contributed by atoms with Crippen LogP contribution in [0.4, 0.5) is 0 Å². The average molecular weight is 305 g/mol. The number of hydrogen-bond donors (Lipinski definition) is 0. The third-order valence-corrected chi connectivity index (χ3v) is 5.23. The van der Waals surface area contributed by atoms with Gasteiger partial charge in [0.1, 0.15) is 0 Å². The standard InChI is InChI=1S/C23H29/c1-2-3-4-5-6-8-11-19-16-21-14-15-22(18-23(21)17-19)20-12-9-7-10-13-20/h7,9,12-15,18-19H,2-6,8,11,16-17H2,1H3. The molecular weight excluding hydrogens is 276 g/mol. The van der Waals surface area contributed by atoms with Gasteiger partial charge in [0.25, 0.3) is 0 Å². The molecule has 1 unspecified atom stereocenters. The van der Waals surface area contributed by atoms with Crippen LogP contribution in [0.3, 0.4) is 0 Å². The van der Waals surface area contributed by atoms with Gasteiger partial charge in [-0.2, -0.15) is 0 Å². The molecule has 0 saturated heterocycles. The second-order valence-electron chi connectivity index (χ2n) is 7.11. The molecule has 0 aromatic heterocycles. The predicted octanol–water partition coefficient (Wildman–Crippen LogP) is 6.62. The van der Waals surface area contributed by atoms with Gasteiger partial charge in [0.15, 0.2) is 0 Å². The second kappa shape index (κ2) is 8.34. The zero-order valence-electron chi connectivity index (χ0n) is 14.5. The quantitative estimate of drug-likeness (QED) is 0.481. The molecule has 23 heavy (non-hydrogen) atoms. The Hall–Kier alpha value is -1.56. The van der Waals surface area contributed by atoms with Crippen LogP contribution in [0.25, 0.3) is 11.1 Å². The van der Waals surface area contributed by atoms with Gasteiger partial charge in [-0.25, -0.2) is 0 Å². The van der Waals surface area contributed by atoms with Crippen LogP contribution in [0.5, 0.6) is 0 Å². The molecule has 0 fully saturated rings. The fourth-order valence-corrected chi connectivity index (χ4v) is 3.88. The first-order valence-electron chi connectivity index (χ1n) is 9.45. The smallest absolute Gasteiger partial charge is 0.0178 e. The Labute approximate surface area is 141 Å². The van der Waals surface area contributed by atoms with Crippen LogP contribution in [0.2, 0.25) is 0 Å².